The minimum Gasteiger partial charge on any atom is -0.332 e. The first-order chi connectivity index (χ1) is 9.97. The second kappa shape index (κ2) is 7.24. The minimum atomic E-state index is -0.288. The first-order valence-corrected chi connectivity index (χ1v) is 8.35. The maximum Gasteiger partial charge on any atom is 0.254 e. The Labute approximate surface area is 145 Å². The average molecular weight is 435 g/mol. The Balaban J connectivity index is 1.96. The largest absolute Gasteiger partial charge is 0.332 e. The van der Waals surface area contributed by atoms with E-state index in [1.165, 1.54) is 16.2 Å². The molecular formula is C14H12ClIN2O2S. The lowest BCUT2D eigenvalue weighted by atomic mass is 10.3. The molecule has 1 aromatic carbocycles. The Morgan fingerprint density at radius 1 is 1.38 bits per heavy atom. The Morgan fingerprint density at radius 2 is 2.10 bits per heavy atom. The number of likely N-dealkylation sites (N-methyl/N-ethyl adjacent to an activating group) is 1. The summed E-state index contributed by atoms with van der Waals surface area (Å²) >= 11 is 9.62. The van der Waals surface area contributed by atoms with Gasteiger partial charge in [0, 0.05) is 12.4 Å². The van der Waals surface area contributed by atoms with Crippen molar-refractivity contribution >= 4 is 63.0 Å². The van der Waals surface area contributed by atoms with Gasteiger partial charge in [0.15, 0.2) is 0 Å². The second-order valence-corrected chi connectivity index (χ2v) is 7.54. The predicted octanol–water partition coefficient (Wildman–Crippen LogP) is 3.72. The normalized spacial score (nSPS) is 10.2. The Bertz CT molecular complexity index is 674. The molecule has 0 aliphatic carbocycles. The SMILES string of the molecule is CN(CC(=O)Nc1ccccc1Cl)C(=O)c1csc(I)c1. The van der Waals surface area contributed by atoms with E-state index in [0.29, 0.717) is 16.3 Å². The molecule has 0 bridgehead atoms. The highest BCUT2D eigenvalue weighted by Crippen LogP contribution is 2.20. The van der Waals surface area contributed by atoms with Crippen molar-refractivity contribution in [3.8, 4) is 0 Å². The minimum absolute atomic E-state index is 0.0313. The standard InChI is InChI=1S/C14H12ClIN2O2S/c1-18(14(20)9-6-12(16)21-8-9)7-13(19)17-11-5-3-2-4-10(11)15/h2-6,8H,7H2,1H3,(H,17,19). The lowest BCUT2D eigenvalue weighted by Crippen LogP contribution is -2.34. The highest BCUT2D eigenvalue weighted by atomic mass is 127. The number of thiophene rings is 1. The number of hydrogen-bond donors (Lipinski definition) is 1. The van der Waals surface area contributed by atoms with Crippen LogP contribution in [0.25, 0.3) is 0 Å². The van der Waals surface area contributed by atoms with Gasteiger partial charge < -0.3 is 10.2 Å². The van der Waals surface area contributed by atoms with E-state index >= 15 is 0 Å². The van der Waals surface area contributed by atoms with Crippen LogP contribution < -0.4 is 5.32 Å². The van der Waals surface area contributed by atoms with E-state index in [9.17, 15) is 9.59 Å². The monoisotopic (exact) mass is 434 g/mol. The molecule has 1 N–H and O–H groups in total. The van der Waals surface area contributed by atoms with Gasteiger partial charge in [-0.25, -0.2) is 0 Å². The average Bonchev–Trinajstić information content (AvgIpc) is 2.87. The van der Waals surface area contributed by atoms with E-state index in [1.807, 2.05) is 0 Å². The van der Waals surface area contributed by atoms with Gasteiger partial charge in [-0.05, 0) is 40.8 Å². The number of amides is 2. The zero-order chi connectivity index (χ0) is 15.4. The number of nitrogens with zero attached hydrogens (tertiary/aromatic N) is 1. The van der Waals surface area contributed by atoms with Crippen molar-refractivity contribution in [2.45, 2.75) is 0 Å². The third-order valence-corrected chi connectivity index (χ3v) is 4.81. The number of hydrogen-bond acceptors (Lipinski definition) is 3. The summed E-state index contributed by atoms with van der Waals surface area (Å²) in [5, 5.41) is 4.94. The molecule has 0 fully saturated rings. The summed E-state index contributed by atoms with van der Waals surface area (Å²) in [5.41, 5.74) is 1.13. The molecule has 0 saturated carbocycles. The van der Waals surface area contributed by atoms with Gasteiger partial charge >= 0.3 is 0 Å². The van der Waals surface area contributed by atoms with Crippen LogP contribution in [-0.4, -0.2) is 30.3 Å². The fourth-order valence-electron chi connectivity index (χ4n) is 1.68. The van der Waals surface area contributed by atoms with E-state index < -0.39 is 0 Å². The Morgan fingerprint density at radius 3 is 2.71 bits per heavy atom. The number of carbonyl (C=O) groups is 2. The zero-order valence-corrected chi connectivity index (χ0v) is 14.8. The number of rotatable bonds is 4. The quantitative estimate of drug-likeness (QED) is 0.746. The topological polar surface area (TPSA) is 49.4 Å². The van der Waals surface area contributed by atoms with E-state index in [1.54, 1.807) is 42.8 Å². The van der Waals surface area contributed by atoms with Crippen LogP contribution in [0.3, 0.4) is 0 Å². The van der Waals surface area contributed by atoms with Gasteiger partial charge in [0.1, 0.15) is 0 Å². The van der Waals surface area contributed by atoms with Crippen LogP contribution in [0.1, 0.15) is 10.4 Å². The highest BCUT2D eigenvalue weighted by Gasteiger charge is 2.16. The fourth-order valence-corrected chi connectivity index (χ4v) is 3.19. The first-order valence-electron chi connectivity index (χ1n) is 6.01. The molecular weight excluding hydrogens is 423 g/mol. The van der Waals surface area contributed by atoms with Crippen molar-refractivity contribution in [1.29, 1.82) is 0 Å². The summed E-state index contributed by atoms with van der Waals surface area (Å²) in [4.78, 5) is 25.5. The van der Waals surface area contributed by atoms with E-state index in [2.05, 4.69) is 27.9 Å². The molecule has 21 heavy (non-hydrogen) atoms. The molecule has 1 aromatic heterocycles. The van der Waals surface area contributed by atoms with E-state index in [-0.39, 0.29) is 18.4 Å². The summed E-state index contributed by atoms with van der Waals surface area (Å²) in [6, 6.07) is 8.77. The van der Waals surface area contributed by atoms with Crippen molar-refractivity contribution in [3.63, 3.8) is 0 Å². The highest BCUT2D eigenvalue weighted by molar-refractivity contribution is 14.1. The Kier molecular flexibility index (Phi) is 5.60. The molecule has 0 radical (unpaired) electrons. The van der Waals surface area contributed by atoms with Crippen LogP contribution in [0.5, 0.6) is 0 Å². The summed E-state index contributed by atoms with van der Waals surface area (Å²) in [5.74, 6) is -0.465. The molecule has 2 aromatic rings. The molecule has 110 valence electrons. The van der Waals surface area contributed by atoms with Gasteiger partial charge in [-0.1, -0.05) is 23.7 Å². The lowest BCUT2D eigenvalue weighted by molar-refractivity contribution is -0.116. The van der Waals surface area contributed by atoms with E-state index in [4.69, 9.17) is 11.6 Å². The smallest absolute Gasteiger partial charge is 0.254 e. The third-order valence-electron chi connectivity index (χ3n) is 2.69. The summed E-state index contributed by atoms with van der Waals surface area (Å²) in [6.45, 7) is -0.0313. The summed E-state index contributed by atoms with van der Waals surface area (Å²) in [6.07, 6.45) is 0. The summed E-state index contributed by atoms with van der Waals surface area (Å²) in [7, 11) is 1.60. The van der Waals surface area contributed by atoms with Crippen LogP contribution in [0.2, 0.25) is 5.02 Å². The fraction of sp³-hybridized carbons (Fsp3) is 0.143. The van der Waals surface area contributed by atoms with Crippen LogP contribution >= 0.6 is 45.5 Å². The van der Waals surface area contributed by atoms with Gasteiger partial charge in [-0.2, -0.15) is 0 Å². The number of para-hydroxylation sites is 1. The number of benzene rings is 1. The van der Waals surface area contributed by atoms with Gasteiger partial charge in [-0.15, -0.1) is 11.3 Å². The number of nitrogens with one attached hydrogen (secondary N) is 1. The van der Waals surface area contributed by atoms with Gasteiger partial charge in [-0.3, -0.25) is 9.59 Å². The lowest BCUT2D eigenvalue weighted by Gasteiger charge is -2.16. The van der Waals surface area contributed by atoms with Crippen LogP contribution in [0.4, 0.5) is 5.69 Å². The maximum absolute atomic E-state index is 12.1. The Hall–Kier alpha value is -1.12. The molecule has 2 rings (SSSR count). The third kappa shape index (κ3) is 4.42. The molecule has 0 aliphatic heterocycles. The molecule has 4 nitrogen and oxygen atoms in total. The maximum atomic E-state index is 12.1. The van der Waals surface area contributed by atoms with Crippen molar-refractivity contribution in [3.05, 3.63) is 49.2 Å². The van der Waals surface area contributed by atoms with Crippen molar-refractivity contribution in [2.24, 2.45) is 0 Å². The molecule has 0 aliphatic rings. The zero-order valence-electron chi connectivity index (χ0n) is 11.1. The van der Waals surface area contributed by atoms with Gasteiger partial charge in [0.25, 0.3) is 5.91 Å². The summed E-state index contributed by atoms with van der Waals surface area (Å²) < 4.78 is 1.03. The van der Waals surface area contributed by atoms with Gasteiger partial charge in [0.05, 0.1) is 25.7 Å². The molecule has 1 heterocycles. The predicted molar refractivity (Wildman–Crippen MR) is 94.1 cm³/mol. The first kappa shape index (κ1) is 16.3. The molecule has 2 amide bonds. The van der Waals surface area contributed by atoms with Gasteiger partial charge in [0.2, 0.25) is 5.91 Å². The van der Waals surface area contributed by atoms with Crippen LogP contribution in [-0.2, 0) is 4.79 Å². The van der Waals surface area contributed by atoms with Crippen molar-refractivity contribution < 1.29 is 9.59 Å². The second-order valence-electron chi connectivity index (χ2n) is 4.33. The number of carbonyl (C=O) groups excluding carboxylic acids is 2. The van der Waals surface area contributed by atoms with Crippen LogP contribution in [0, 0.1) is 2.88 Å². The molecule has 0 unspecified atom stereocenters. The van der Waals surface area contributed by atoms with Crippen molar-refractivity contribution in [1.82, 2.24) is 4.90 Å². The van der Waals surface area contributed by atoms with E-state index in [0.717, 1.165) is 2.88 Å². The number of anilines is 1. The molecule has 0 saturated heterocycles. The molecule has 7 heteroatoms. The molecule has 0 spiro atoms. The molecule has 0 atom stereocenters. The number of halogens is 2. The van der Waals surface area contributed by atoms with Crippen molar-refractivity contribution in [2.75, 3.05) is 18.9 Å². The van der Waals surface area contributed by atoms with Crippen LogP contribution in [0.15, 0.2) is 35.7 Å².